The van der Waals surface area contributed by atoms with Gasteiger partial charge in [0.1, 0.15) is 5.76 Å². The highest BCUT2D eigenvalue weighted by Crippen LogP contribution is 2.18. The lowest BCUT2D eigenvalue weighted by molar-refractivity contribution is -0.142. The van der Waals surface area contributed by atoms with Crippen molar-refractivity contribution >= 4 is 11.8 Å². The maximum atomic E-state index is 12.6. The average molecular weight is 408 g/mol. The van der Waals surface area contributed by atoms with Gasteiger partial charge in [-0.3, -0.25) is 9.59 Å². The molecular weight excluding hydrogens is 380 g/mol. The third-order valence-electron chi connectivity index (χ3n) is 5.47. The number of nitrogens with zero attached hydrogens (tertiary/aromatic N) is 2. The molecule has 2 aromatic heterocycles. The Morgan fingerprint density at radius 1 is 1.07 bits per heavy atom. The number of rotatable bonds is 9. The van der Waals surface area contributed by atoms with Gasteiger partial charge in [0.15, 0.2) is 6.61 Å². The zero-order valence-electron chi connectivity index (χ0n) is 18.0. The lowest BCUT2D eigenvalue weighted by Crippen LogP contribution is -2.15. The molecule has 3 aromatic rings. The van der Waals surface area contributed by atoms with Crippen LogP contribution in [0.2, 0.25) is 0 Å². The Kier molecular flexibility index (Phi) is 6.87. The second-order valence-electron chi connectivity index (χ2n) is 7.56. The minimum absolute atomic E-state index is 0.181. The Morgan fingerprint density at radius 2 is 1.80 bits per heavy atom. The molecule has 0 atom stereocenters. The van der Waals surface area contributed by atoms with Gasteiger partial charge in [0.05, 0.1) is 5.69 Å². The molecule has 0 aliphatic rings. The Bertz CT molecular complexity index is 1010. The molecule has 6 nitrogen and oxygen atoms in total. The molecule has 0 bridgehead atoms. The van der Waals surface area contributed by atoms with Gasteiger partial charge in [0, 0.05) is 35.5 Å². The van der Waals surface area contributed by atoms with Gasteiger partial charge < -0.3 is 13.8 Å². The number of Topliss-reactive ketones (excluding diaryl/α,β-unsaturated/α-hetero) is 1. The second kappa shape index (κ2) is 9.57. The summed E-state index contributed by atoms with van der Waals surface area (Å²) in [6.07, 6.45) is 1.57. The summed E-state index contributed by atoms with van der Waals surface area (Å²) in [4.78, 5) is 24.7. The van der Waals surface area contributed by atoms with Crippen molar-refractivity contribution in [3.8, 4) is 0 Å². The number of benzene rings is 1. The molecule has 0 saturated heterocycles. The van der Waals surface area contributed by atoms with Gasteiger partial charge in [0.25, 0.3) is 0 Å². The Labute approximate surface area is 176 Å². The Hall–Kier alpha value is -3.15. The van der Waals surface area contributed by atoms with Gasteiger partial charge in [0.2, 0.25) is 5.78 Å². The summed E-state index contributed by atoms with van der Waals surface area (Å²) in [6, 6.07) is 12.1. The first-order chi connectivity index (χ1) is 14.4. The number of carbonyl (C=O) groups is 2. The molecule has 0 radical (unpaired) electrons. The predicted molar refractivity (Wildman–Crippen MR) is 114 cm³/mol. The van der Waals surface area contributed by atoms with Crippen molar-refractivity contribution in [1.82, 2.24) is 9.72 Å². The second-order valence-corrected chi connectivity index (χ2v) is 7.56. The van der Waals surface area contributed by atoms with E-state index in [0.717, 1.165) is 35.6 Å². The van der Waals surface area contributed by atoms with E-state index in [2.05, 4.69) is 21.9 Å². The number of aromatic nitrogens is 2. The van der Waals surface area contributed by atoms with Gasteiger partial charge in [-0.05, 0) is 52.2 Å². The van der Waals surface area contributed by atoms with E-state index in [0.29, 0.717) is 17.7 Å². The Morgan fingerprint density at radius 3 is 2.47 bits per heavy atom. The van der Waals surface area contributed by atoms with E-state index in [-0.39, 0.29) is 18.8 Å². The largest absolute Gasteiger partial charge is 0.457 e. The molecule has 0 aliphatic carbocycles. The van der Waals surface area contributed by atoms with Crippen LogP contribution >= 0.6 is 0 Å². The van der Waals surface area contributed by atoms with Crippen LogP contribution in [0.3, 0.4) is 0 Å². The number of hydrogen-bond donors (Lipinski definition) is 0. The summed E-state index contributed by atoms with van der Waals surface area (Å²) in [5, 5.41) is 3.88. The smallest absolute Gasteiger partial charge is 0.306 e. The van der Waals surface area contributed by atoms with Crippen molar-refractivity contribution in [2.45, 2.75) is 53.5 Å². The summed E-state index contributed by atoms with van der Waals surface area (Å²) in [7, 11) is 0. The topological polar surface area (TPSA) is 74.3 Å². The van der Waals surface area contributed by atoms with E-state index in [1.807, 2.05) is 52.0 Å². The van der Waals surface area contributed by atoms with Gasteiger partial charge >= 0.3 is 5.97 Å². The van der Waals surface area contributed by atoms with Crippen molar-refractivity contribution in [3.63, 3.8) is 0 Å². The molecule has 158 valence electrons. The summed E-state index contributed by atoms with van der Waals surface area (Å²) >= 11 is 0. The molecule has 0 unspecified atom stereocenters. The third-order valence-corrected chi connectivity index (χ3v) is 5.47. The van der Waals surface area contributed by atoms with E-state index < -0.39 is 5.97 Å². The first-order valence-electron chi connectivity index (χ1n) is 10.2. The maximum absolute atomic E-state index is 12.6. The first kappa shape index (κ1) is 21.6. The fourth-order valence-electron chi connectivity index (χ4n) is 3.69. The number of carbonyl (C=O) groups excluding carboxylic acids is 2. The third kappa shape index (κ3) is 5.06. The Balaban J connectivity index is 1.54. The van der Waals surface area contributed by atoms with E-state index >= 15 is 0 Å². The van der Waals surface area contributed by atoms with Crippen LogP contribution in [0.25, 0.3) is 0 Å². The van der Waals surface area contributed by atoms with Crippen LogP contribution in [0.4, 0.5) is 0 Å². The molecule has 6 heteroatoms. The van der Waals surface area contributed by atoms with E-state index in [4.69, 9.17) is 9.26 Å². The number of ether oxygens (including phenoxy) is 1. The van der Waals surface area contributed by atoms with Crippen molar-refractivity contribution < 1.29 is 18.8 Å². The minimum atomic E-state index is -0.402. The van der Waals surface area contributed by atoms with Gasteiger partial charge in [-0.25, -0.2) is 0 Å². The van der Waals surface area contributed by atoms with E-state index in [1.165, 1.54) is 5.56 Å². The summed E-state index contributed by atoms with van der Waals surface area (Å²) in [5.74, 6) is 0.125. The SMILES string of the molecule is Cc1noc(C)c1CCC(=O)OCC(=O)c1cc(C)n(CCc2ccccc2)c1C. The monoisotopic (exact) mass is 408 g/mol. The zero-order valence-corrected chi connectivity index (χ0v) is 18.0. The van der Waals surface area contributed by atoms with Crippen molar-refractivity contribution in [1.29, 1.82) is 0 Å². The fourth-order valence-corrected chi connectivity index (χ4v) is 3.69. The number of aryl methyl sites for hydroxylation is 4. The molecular formula is C24H28N2O4. The molecule has 0 aliphatic heterocycles. The molecule has 0 N–H and O–H groups in total. The van der Waals surface area contributed by atoms with Crippen molar-refractivity contribution in [2.24, 2.45) is 0 Å². The molecule has 0 fully saturated rings. The fraction of sp³-hybridized carbons (Fsp3) is 0.375. The van der Waals surface area contributed by atoms with Crippen LogP contribution in [-0.2, 0) is 28.9 Å². The molecule has 1 aromatic carbocycles. The van der Waals surface area contributed by atoms with E-state index in [1.54, 1.807) is 0 Å². The van der Waals surface area contributed by atoms with Gasteiger partial charge in [-0.1, -0.05) is 35.5 Å². The van der Waals surface area contributed by atoms with Crippen LogP contribution < -0.4 is 0 Å². The van der Waals surface area contributed by atoms with Crippen molar-refractivity contribution in [3.05, 3.63) is 75.9 Å². The van der Waals surface area contributed by atoms with Crippen LogP contribution in [-0.4, -0.2) is 28.1 Å². The predicted octanol–water partition coefficient (Wildman–Crippen LogP) is 4.31. The van der Waals surface area contributed by atoms with Crippen LogP contribution in [0, 0.1) is 27.7 Å². The molecule has 0 spiro atoms. The highest BCUT2D eigenvalue weighted by Gasteiger charge is 2.18. The van der Waals surface area contributed by atoms with Crippen LogP contribution in [0.15, 0.2) is 40.9 Å². The average Bonchev–Trinajstić information content (AvgIpc) is 3.21. The molecule has 2 heterocycles. The number of esters is 1. The highest BCUT2D eigenvalue weighted by atomic mass is 16.5. The van der Waals surface area contributed by atoms with E-state index in [9.17, 15) is 9.59 Å². The molecule has 0 saturated carbocycles. The van der Waals surface area contributed by atoms with Gasteiger partial charge in [-0.15, -0.1) is 0 Å². The zero-order chi connectivity index (χ0) is 21.7. The standard InChI is InChI=1S/C24H28N2O4/c1-16-14-22(18(3)26(16)13-12-20-8-6-5-7-9-20)23(27)15-29-24(28)11-10-21-17(2)25-30-19(21)4/h5-9,14H,10-13,15H2,1-4H3. The summed E-state index contributed by atoms with van der Waals surface area (Å²) in [5.41, 5.74) is 5.49. The first-order valence-corrected chi connectivity index (χ1v) is 10.2. The molecule has 3 rings (SSSR count). The normalized spacial score (nSPS) is 10.9. The quantitative estimate of drug-likeness (QED) is 0.390. The van der Waals surface area contributed by atoms with Crippen LogP contribution in [0.1, 0.15) is 50.7 Å². The van der Waals surface area contributed by atoms with Gasteiger partial charge in [-0.2, -0.15) is 0 Å². The summed E-state index contributed by atoms with van der Waals surface area (Å²) in [6.45, 7) is 8.14. The minimum Gasteiger partial charge on any atom is -0.457 e. The summed E-state index contributed by atoms with van der Waals surface area (Å²) < 4.78 is 12.5. The lowest BCUT2D eigenvalue weighted by Gasteiger charge is -2.10. The molecule has 30 heavy (non-hydrogen) atoms. The highest BCUT2D eigenvalue weighted by molar-refractivity contribution is 5.99. The maximum Gasteiger partial charge on any atom is 0.306 e. The van der Waals surface area contributed by atoms with Crippen LogP contribution in [0.5, 0.6) is 0 Å². The molecule has 0 amide bonds. The van der Waals surface area contributed by atoms with Crippen molar-refractivity contribution in [2.75, 3.05) is 6.61 Å². The number of hydrogen-bond acceptors (Lipinski definition) is 5. The number of ketones is 1. The lowest BCUT2D eigenvalue weighted by atomic mass is 10.1.